The fourth-order valence-electron chi connectivity index (χ4n) is 3.90. The van der Waals surface area contributed by atoms with Gasteiger partial charge in [-0.25, -0.2) is 13.8 Å². The van der Waals surface area contributed by atoms with Crippen molar-refractivity contribution in [2.75, 3.05) is 0 Å². The number of benzene rings is 1. The van der Waals surface area contributed by atoms with Crippen molar-refractivity contribution in [3.63, 3.8) is 0 Å². The Bertz CT molecular complexity index is 1490. The highest BCUT2D eigenvalue weighted by Crippen LogP contribution is 2.25. The summed E-state index contributed by atoms with van der Waals surface area (Å²) >= 11 is 0. The summed E-state index contributed by atoms with van der Waals surface area (Å²) in [4.78, 5) is 43.3. The molecule has 0 aliphatic heterocycles. The van der Waals surface area contributed by atoms with Crippen LogP contribution in [0.4, 0.5) is 0 Å². The minimum absolute atomic E-state index is 0.0483. The summed E-state index contributed by atoms with van der Waals surface area (Å²) < 4.78 is 4.91. The molecule has 0 saturated heterocycles. The summed E-state index contributed by atoms with van der Waals surface area (Å²) in [7, 11) is 2.87. The molecule has 1 aromatic carbocycles. The van der Waals surface area contributed by atoms with E-state index in [0.29, 0.717) is 24.9 Å². The van der Waals surface area contributed by atoms with Crippen molar-refractivity contribution in [1.29, 1.82) is 0 Å². The van der Waals surface area contributed by atoms with Gasteiger partial charge in [0, 0.05) is 14.1 Å². The first-order valence-corrected chi connectivity index (χ1v) is 9.86. The lowest BCUT2D eigenvalue weighted by Crippen LogP contribution is -2.37. The summed E-state index contributed by atoms with van der Waals surface area (Å²) in [5.74, 6) is -0.230. The molecule has 0 fully saturated rings. The van der Waals surface area contributed by atoms with Gasteiger partial charge in [-0.05, 0) is 24.5 Å². The van der Waals surface area contributed by atoms with Gasteiger partial charge < -0.3 is 5.11 Å². The van der Waals surface area contributed by atoms with E-state index < -0.39 is 11.2 Å². The number of aromatic nitrogens is 5. The first-order chi connectivity index (χ1) is 14.3. The molecule has 30 heavy (non-hydrogen) atoms. The maximum absolute atomic E-state index is 13.4. The van der Waals surface area contributed by atoms with Crippen molar-refractivity contribution in [1.82, 2.24) is 23.1 Å². The molecule has 0 amide bonds. The fourth-order valence-corrected chi connectivity index (χ4v) is 3.90. The van der Waals surface area contributed by atoms with E-state index >= 15 is 0 Å². The molecule has 156 valence electrons. The molecule has 0 aliphatic carbocycles. The van der Waals surface area contributed by atoms with Gasteiger partial charge in [0.05, 0.1) is 11.3 Å². The minimum atomic E-state index is -0.590. The monoisotopic (exact) mass is 409 g/mol. The van der Waals surface area contributed by atoms with E-state index in [1.807, 2.05) is 38.1 Å². The minimum Gasteiger partial charge on any atom is -0.494 e. The summed E-state index contributed by atoms with van der Waals surface area (Å²) in [5.41, 5.74) is 0.389. The van der Waals surface area contributed by atoms with Gasteiger partial charge in [0.2, 0.25) is 11.7 Å². The van der Waals surface area contributed by atoms with Gasteiger partial charge in [0.1, 0.15) is 0 Å². The summed E-state index contributed by atoms with van der Waals surface area (Å²) in [6.45, 7) is 3.89. The third kappa shape index (κ3) is 2.54. The van der Waals surface area contributed by atoms with E-state index in [-0.39, 0.29) is 33.9 Å². The standard InChI is InChI=1S/C21H23N5O4/c1-5-9-13-17(27)25(14-11-8-7-10-12(14)6-2)20-22-16-15(26(20)18(13)28)19(29)24(4)21(30)23(16)3/h7-8,10-11,28H,5-6,9H2,1-4H3. The van der Waals surface area contributed by atoms with Crippen LogP contribution in [0, 0.1) is 0 Å². The zero-order valence-corrected chi connectivity index (χ0v) is 17.3. The van der Waals surface area contributed by atoms with Gasteiger partial charge in [0.15, 0.2) is 11.2 Å². The van der Waals surface area contributed by atoms with E-state index in [1.165, 1.54) is 27.6 Å². The number of fused-ring (bicyclic) bond motifs is 3. The average Bonchev–Trinajstić information content (AvgIpc) is 3.14. The fraction of sp³-hybridized carbons (Fsp3) is 0.333. The van der Waals surface area contributed by atoms with E-state index in [9.17, 15) is 19.5 Å². The van der Waals surface area contributed by atoms with Gasteiger partial charge in [-0.15, -0.1) is 0 Å². The highest BCUT2D eigenvalue weighted by molar-refractivity contribution is 5.77. The first-order valence-electron chi connectivity index (χ1n) is 9.86. The van der Waals surface area contributed by atoms with Crippen LogP contribution >= 0.6 is 0 Å². The second kappa shape index (κ2) is 7.01. The van der Waals surface area contributed by atoms with Crippen LogP contribution in [0.1, 0.15) is 31.4 Å². The Morgan fingerprint density at radius 3 is 2.37 bits per heavy atom. The lowest BCUT2D eigenvalue weighted by atomic mass is 10.1. The molecule has 4 rings (SSSR count). The Hall–Kier alpha value is -3.62. The lowest BCUT2D eigenvalue weighted by molar-refractivity contribution is 0.435. The van der Waals surface area contributed by atoms with Crippen LogP contribution in [-0.2, 0) is 26.9 Å². The highest BCUT2D eigenvalue weighted by atomic mass is 16.3. The highest BCUT2D eigenvalue weighted by Gasteiger charge is 2.25. The molecule has 3 heterocycles. The number of aromatic hydroxyl groups is 1. The quantitative estimate of drug-likeness (QED) is 0.547. The lowest BCUT2D eigenvalue weighted by Gasteiger charge is -2.15. The third-order valence-corrected chi connectivity index (χ3v) is 5.50. The molecule has 0 aliphatic rings. The van der Waals surface area contributed by atoms with Crippen LogP contribution in [0.25, 0.3) is 22.6 Å². The van der Waals surface area contributed by atoms with Crippen LogP contribution in [-0.4, -0.2) is 28.2 Å². The van der Waals surface area contributed by atoms with Crippen molar-refractivity contribution in [3.8, 4) is 11.6 Å². The Morgan fingerprint density at radius 2 is 1.70 bits per heavy atom. The Labute approximate surface area is 171 Å². The summed E-state index contributed by atoms with van der Waals surface area (Å²) in [5, 5.41) is 11.0. The topological polar surface area (TPSA) is 104 Å². The maximum atomic E-state index is 13.4. The molecule has 0 bridgehead atoms. The maximum Gasteiger partial charge on any atom is 0.332 e. The van der Waals surface area contributed by atoms with E-state index in [0.717, 1.165) is 10.1 Å². The molecule has 0 atom stereocenters. The van der Waals surface area contributed by atoms with E-state index in [1.54, 1.807) is 0 Å². The molecule has 1 N–H and O–H groups in total. The molecule has 9 heteroatoms. The Kier molecular flexibility index (Phi) is 4.60. The number of imidazole rings is 1. The molecular formula is C21H23N5O4. The number of hydrogen-bond donors (Lipinski definition) is 1. The molecule has 0 spiro atoms. The number of aryl methyl sites for hydroxylation is 2. The zero-order chi connectivity index (χ0) is 21.7. The van der Waals surface area contributed by atoms with Crippen LogP contribution in [0.2, 0.25) is 0 Å². The van der Waals surface area contributed by atoms with Crippen LogP contribution < -0.4 is 16.8 Å². The van der Waals surface area contributed by atoms with Crippen molar-refractivity contribution in [3.05, 3.63) is 66.6 Å². The molecule has 4 aromatic rings. The molecular weight excluding hydrogens is 386 g/mol. The van der Waals surface area contributed by atoms with Gasteiger partial charge in [-0.2, -0.15) is 4.98 Å². The third-order valence-electron chi connectivity index (χ3n) is 5.50. The second-order valence-electron chi connectivity index (χ2n) is 7.30. The smallest absolute Gasteiger partial charge is 0.332 e. The Morgan fingerprint density at radius 1 is 1.00 bits per heavy atom. The number of para-hydroxylation sites is 1. The van der Waals surface area contributed by atoms with Crippen molar-refractivity contribution in [2.24, 2.45) is 14.1 Å². The van der Waals surface area contributed by atoms with Crippen molar-refractivity contribution < 1.29 is 5.11 Å². The largest absolute Gasteiger partial charge is 0.494 e. The van der Waals surface area contributed by atoms with Crippen molar-refractivity contribution in [2.45, 2.75) is 33.1 Å². The second-order valence-corrected chi connectivity index (χ2v) is 7.30. The number of rotatable bonds is 4. The molecule has 0 saturated carbocycles. The van der Waals surface area contributed by atoms with Gasteiger partial charge in [0.25, 0.3) is 11.1 Å². The van der Waals surface area contributed by atoms with Gasteiger partial charge >= 0.3 is 5.69 Å². The predicted molar refractivity (Wildman–Crippen MR) is 114 cm³/mol. The zero-order valence-electron chi connectivity index (χ0n) is 17.3. The molecule has 3 aromatic heterocycles. The number of nitrogens with zero attached hydrogens (tertiary/aromatic N) is 5. The number of hydrogen-bond acceptors (Lipinski definition) is 5. The SMILES string of the molecule is CCCc1c(O)n2c3c(=O)n(C)c(=O)n(C)c3nc2n(-c2ccccc2CC)c1=O. The molecule has 0 unspecified atom stereocenters. The van der Waals surface area contributed by atoms with Gasteiger partial charge in [-0.1, -0.05) is 38.5 Å². The normalized spacial score (nSPS) is 11.6. The van der Waals surface area contributed by atoms with E-state index in [2.05, 4.69) is 4.98 Å². The predicted octanol–water partition coefficient (Wildman–Crippen LogP) is 1.26. The first kappa shape index (κ1) is 19.7. The molecule has 9 nitrogen and oxygen atoms in total. The molecule has 0 radical (unpaired) electrons. The Balaban J connectivity index is 2.35. The van der Waals surface area contributed by atoms with Gasteiger partial charge in [-0.3, -0.25) is 18.7 Å². The van der Waals surface area contributed by atoms with Crippen LogP contribution in [0.5, 0.6) is 5.88 Å². The average molecular weight is 409 g/mol. The summed E-state index contributed by atoms with van der Waals surface area (Å²) in [6.07, 6.45) is 1.65. The summed E-state index contributed by atoms with van der Waals surface area (Å²) in [6, 6.07) is 7.44. The van der Waals surface area contributed by atoms with E-state index in [4.69, 9.17) is 0 Å². The van der Waals surface area contributed by atoms with Crippen molar-refractivity contribution >= 4 is 16.9 Å². The van der Waals surface area contributed by atoms with Crippen LogP contribution in [0.15, 0.2) is 38.6 Å². The van der Waals surface area contributed by atoms with Crippen LogP contribution in [0.3, 0.4) is 0 Å².